The van der Waals surface area contributed by atoms with Crippen molar-refractivity contribution in [2.75, 3.05) is 21.3 Å². The summed E-state index contributed by atoms with van der Waals surface area (Å²) in [6, 6.07) is 6.83. The largest absolute Gasteiger partial charge is 0.497 e. The Balaban J connectivity index is 2.05. The number of carbonyl (C=O) groups excluding carboxylic acids is 1. The zero-order valence-electron chi connectivity index (χ0n) is 14.6. The minimum absolute atomic E-state index is 0.215. The monoisotopic (exact) mass is 333 g/mol. The molecule has 0 saturated carbocycles. The molecule has 1 heterocycles. The number of carbonyl (C=O) groups is 1. The van der Waals surface area contributed by atoms with E-state index in [9.17, 15) is 4.79 Å². The summed E-state index contributed by atoms with van der Waals surface area (Å²) in [5, 5.41) is 6.83. The van der Waals surface area contributed by atoms with Crippen LogP contribution >= 0.6 is 0 Å². The third-order valence-corrected chi connectivity index (χ3v) is 3.67. The number of hydrogen-bond acceptors (Lipinski definition) is 5. The van der Waals surface area contributed by atoms with Gasteiger partial charge in [-0.2, -0.15) is 0 Å². The van der Waals surface area contributed by atoms with Crippen LogP contribution in [0.1, 0.15) is 30.0 Å². The number of nitrogens with one attached hydrogen (secondary N) is 1. The number of ether oxygens (including phenoxy) is 2. The lowest BCUT2D eigenvalue weighted by molar-refractivity contribution is 0.202. The van der Waals surface area contributed by atoms with Gasteiger partial charge in [0.1, 0.15) is 23.0 Å². The lowest BCUT2D eigenvalue weighted by Crippen LogP contribution is -2.38. The van der Waals surface area contributed by atoms with Crippen molar-refractivity contribution in [3.63, 3.8) is 0 Å². The third kappa shape index (κ3) is 4.18. The highest BCUT2D eigenvalue weighted by molar-refractivity contribution is 5.74. The van der Waals surface area contributed by atoms with Crippen molar-refractivity contribution in [1.29, 1.82) is 0 Å². The van der Waals surface area contributed by atoms with Crippen LogP contribution in [0.3, 0.4) is 0 Å². The molecule has 1 N–H and O–H groups in total. The predicted octanol–water partition coefficient (Wildman–Crippen LogP) is 2.90. The smallest absolute Gasteiger partial charge is 0.317 e. The van der Waals surface area contributed by atoms with Crippen molar-refractivity contribution in [3.05, 3.63) is 41.3 Å². The van der Waals surface area contributed by atoms with Crippen LogP contribution in [0.15, 0.2) is 28.8 Å². The molecule has 1 aromatic heterocycles. The molecule has 0 aliphatic rings. The summed E-state index contributed by atoms with van der Waals surface area (Å²) in [5.41, 5.74) is 1.55. The highest BCUT2D eigenvalue weighted by Crippen LogP contribution is 2.29. The Kier molecular flexibility index (Phi) is 5.68. The van der Waals surface area contributed by atoms with Crippen molar-refractivity contribution >= 4 is 6.03 Å². The first-order valence-corrected chi connectivity index (χ1v) is 7.60. The lowest BCUT2D eigenvalue weighted by atomic mass is 10.1. The molecule has 0 spiro atoms. The molecule has 0 aliphatic heterocycles. The Morgan fingerprint density at radius 3 is 2.67 bits per heavy atom. The van der Waals surface area contributed by atoms with Crippen LogP contribution in [0.25, 0.3) is 0 Å². The molecule has 24 heavy (non-hydrogen) atoms. The first-order valence-electron chi connectivity index (χ1n) is 7.60. The number of rotatable bonds is 6. The summed E-state index contributed by atoms with van der Waals surface area (Å²) in [7, 11) is 4.90. The van der Waals surface area contributed by atoms with E-state index in [1.54, 1.807) is 32.2 Å². The topological polar surface area (TPSA) is 76.8 Å². The molecule has 2 amide bonds. The van der Waals surface area contributed by atoms with E-state index in [1.807, 2.05) is 32.0 Å². The normalized spacial score (nSPS) is 11.7. The molecule has 1 atom stereocenters. The van der Waals surface area contributed by atoms with Gasteiger partial charge in [0.25, 0.3) is 0 Å². The molecule has 1 unspecified atom stereocenters. The molecular formula is C17H23N3O4. The SMILES string of the molecule is COc1ccc(OC)c(C(C)NC(=O)N(C)Cc2cc(C)on2)c1. The van der Waals surface area contributed by atoms with Crippen molar-refractivity contribution in [2.24, 2.45) is 0 Å². The van der Waals surface area contributed by atoms with Crippen LogP contribution in [-0.2, 0) is 6.54 Å². The van der Waals surface area contributed by atoms with Gasteiger partial charge in [0.05, 0.1) is 26.8 Å². The van der Waals surface area contributed by atoms with Crippen molar-refractivity contribution in [3.8, 4) is 11.5 Å². The lowest BCUT2D eigenvalue weighted by Gasteiger charge is -2.22. The first-order chi connectivity index (χ1) is 11.4. The second-order valence-corrected chi connectivity index (χ2v) is 5.56. The average molecular weight is 333 g/mol. The maximum absolute atomic E-state index is 12.4. The predicted molar refractivity (Wildman–Crippen MR) is 89.2 cm³/mol. The van der Waals surface area contributed by atoms with Gasteiger partial charge in [-0.25, -0.2) is 4.79 Å². The highest BCUT2D eigenvalue weighted by Gasteiger charge is 2.18. The fraction of sp³-hybridized carbons (Fsp3) is 0.412. The second kappa shape index (κ2) is 7.72. The minimum Gasteiger partial charge on any atom is -0.497 e. The van der Waals surface area contributed by atoms with Crippen molar-refractivity contribution < 1.29 is 18.8 Å². The maximum Gasteiger partial charge on any atom is 0.317 e. The van der Waals surface area contributed by atoms with E-state index in [1.165, 1.54) is 0 Å². The number of aryl methyl sites for hydroxylation is 1. The quantitative estimate of drug-likeness (QED) is 0.879. The van der Waals surface area contributed by atoms with Gasteiger partial charge >= 0.3 is 6.03 Å². The van der Waals surface area contributed by atoms with Crippen LogP contribution in [-0.4, -0.2) is 37.4 Å². The molecule has 0 radical (unpaired) electrons. The summed E-state index contributed by atoms with van der Waals surface area (Å²) < 4.78 is 15.6. The molecule has 0 fully saturated rings. The third-order valence-electron chi connectivity index (χ3n) is 3.67. The van der Waals surface area contributed by atoms with Gasteiger partial charge < -0.3 is 24.2 Å². The van der Waals surface area contributed by atoms with E-state index in [0.29, 0.717) is 29.5 Å². The first kappa shape index (κ1) is 17.7. The van der Waals surface area contributed by atoms with E-state index in [2.05, 4.69) is 10.5 Å². The van der Waals surface area contributed by atoms with Gasteiger partial charge in [-0.15, -0.1) is 0 Å². The van der Waals surface area contributed by atoms with E-state index >= 15 is 0 Å². The fourth-order valence-corrected chi connectivity index (χ4v) is 2.36. The van der Waals surface area contributed by atoms with E-state index in [0.717, 1.165) is 5.56 Å². The van der Waals surface area contributed by atoms with Crippen molar-refractivity contribution in [2.45, 2.75) is 26.4 Å². The molecule has 0 aliphatic carbocycles. The van der Waals surface area contributed by atoms with Crippen LogP contribution in [0.5, 0.6) is 11.5 Å². The summed E-state index contributed by atoms with van der Waals surface area (Å²) in [6.45, 7) is 4.07. The summed E-state index contributed by atoms with van der Waals surface area (Å²) >= 11 is 0. The molecule has 0 saturated heterocycles. The van der Waals surface area contributed by atoms with Crippen LogP contribution < -0.4 is 14.8 Å². The number of amides is 2. The van der Waals surface area contributed by atoms with Crippen molar-refractivity contribution in [1.82, 2.24) is 15.4 Å². The number of benzene rings is 1. The summed E-state index contributed by atoms with van der Waals surface area (Å²) in [5.74, 6) is 2.12. The van der Waals surface area contributed by atoms with E-state index in [4.69, 9.17) is 14.0 Å². The standard InChI is InChI=1S/C17H23N3O4/c1-11-8-13(19-24-11)10-20(3)17(21)18-12(2)15-9-14(22-4)6-7-16(15)23-5/h6-9,12H,10H2,1-5H3,(H,18,21). The zero-order valence-corrected chi connectivity index (χ0v) is 14.6. The second-order valence-electron chi connectivity index (χ2n) is 5.56. The van der Waals surface area contributed by atoms with Crippen LogP contribution in [0.4, 0.5) is 4.79 Å². The highest BCUT2D eigenvalue weighted by atomic mass is 16.5. The Hall–Kier alpha value is -2.70. The number of methoxy groups -OCH3 is 2. The molecule has 7 nitrogen and oxygen atoms in total. The summed E-state index contributed by atoms with van der Waals surface area (Å²) in [6.07, 6.45) is 0. The molecule has 1 aromatic carbocycles. The van der Waals surface area contributed by atoms with E-state index in [-0.39, 0.29) is 12.1 Å². The molecule has 130 valence electrons. The molecule has 7 heteroatoms. The zero-order chi connectivity index (χ0) is 17.7. The molecular weight excluding hydrogens is 310 g/mol. The Labute approximate surface area is 141 Å². The number of nitrogens with zero attached hydrogens (tertiary/aromatic N) is 2. The Morgan fingerprint density at radius 2 is 2.08 bits per heavy atom. The Bertz CT molecular complexity index is 699. The number of hydrogen-bond donors (Lipinski definition) is 1. The summed E-state index contributed by atoms with van der Waals surface area (Å²) in [4.78, 5) is 13.9. The number of urea groups is 1. The van der Waals surface area contributed by atoms with Gasteiger partial charge in [0.15, 0.2) is 0 Å². The fourth-order valence-electron chi connectivity index (χ4n) is 2.36. The van der Waals surface area contributed by atoms with Gasteiger partial charge in [-0.3, -0.25) is 0 Å². The molecule has 2 aromatic rings. The molecule has 0 bridgehead atoms. The van der Waals surface area contributed by atoms with Gasteiger partial charge in [-0.05, 0) is 32.0 Å². The molecule has 2 rings (SSSR count). The minimum atomic E-state index is -0.246. The van der Waals surface area contributed by atoms with Gasteiger partial charge in [-0.1, -0.05) is 5.16 Å². The van der Waals surface area contributed by atoms with Crippen LogP contribution in [0, 0.1) is 6.92 Å². The Morgan fingerprint density at radius 1 is 1.33 bits per heavy atom. The average Bonchev–Trinajstić information content (AvgIpc) is 2.98. The van der Waals surface area contributed by atoms with Gasteiger partial charge in [0.2, 0.25) is 0 Å². The van der Waals surface area contributed by atoms with E-state index < -0.39 is 0 Å². The maximum atomic E-state index is 12.4. The van der Waals surface area contributed by atoms with Gasteiger partial charge in [0, 0.05) is 18.7 Å². The van der Waals surface area contributed by atoms with Crippen LogP contribution in [0.2, 0.25) is 0 Å². The number of aromatic nitrogens is 1.